The highest BCUT2D eigenvalue weighted by Crippen LogP contribution is 2.37. The number of rotatable bonds is 5. The minimum atomic E-state index is -5.37. The van der Waals surface area contributed by atoms with E-state index >= 15 is 0 Å². The minimum absolute atomic E-state index is 0.735. The highest BCUT2D eigenvalue weighted by molar-refractivity contribution is 6.01. The standard InChI is InChI=1S/C17H18F5NO6/c1-16(2,3)29-8(24)6-7-9(14(25)27-4)11(13(18)19)23-12(17(20,21)22)10(7)15(26)28-5/h13H,6H2,1-5H3. The van der Waals surface area contributed by atoms with Crippen LogP contribution < -0.4 is 0 Å². The SMILES string of the molecule is COC(=O)c1c(C(F)F)nc(C(F)(F)F)c(C(=O)OC)c1CC(=O)OC(C)(C)C. The van der Waals surface area contributed by atoms with E-state index < -0.39 is 70.6 Å². The van der Waals surface area contributed by atoms with Gasteiger partial charge in [0.2, 0.25) is 0 Å². The largest absolute Gasteiger partial charge is 0.465 e. The fourth-order valence-corrected chi connectivity index (χ4v) is 2.37. The summed E-state index contributed by atoms with van der Waals surface area (Å²) in [6, 6.07) is 0. The highest BCUT2D eigenvalue weighted by Gasteiger charge is 2.43. The van der Waals surface area contributed by atoms with E-state index in [1.165, 1.54) is 20.8 Å². The summed E-state index contributed by atoms with van der Waals surface area (Å²) in [6.07, 6.45) is -10.1. The highest BCUT2D eigenvalue weighted by atomic mass is 19.4. The number of ether oxygens (including phenoxy) is 3. The fraction of sp³-hybridized carbons (Fsp3) is 0.529. The molecule has 0 N–H and O–H groups in total. The van der Waals surface area contributed by atoms with E-state index in [4.69, 9.17) is 4.74 Å². The maximum Gasteiger partial charge on any atom is 0.434 e. The molecule has 0 fully saturated rings. The molecular weight excluding hydrogens is 409 g/mol. The average molecular weight is 427 g/mol. The molecule has 0 aliphatic rings. The lowest BCUT2D eigenvalue weighted by Gasteiger charge is -2.22. The van der Waals surface area contributed by atoms with E-state index in [0.29, 0.717) is 0 Å². The van der Waals surface area contributed by atoms with Crippen LogP contribution in [0, 0.1) is 0 Å². The van der Waals surface area contributed by atoms with Crippen LogP contribution >= 0.6 is 0 Å². The number of carbonyl (C=O) groups excluding carboxylic acids is 3. The fourth-order valence-electron chi connectivity index (χ4n) is 2.37. The predicted octanol–water partition coefficient (Wildman–Crippen LogP) is 3.50. The molecule has 0 unspecified atom stereocenters. The Balaban J connectivity index is 3.98. The van der Waals surface area contributed by atoms with Crippen molar-refractivity contribution in [3.8, 4) is 0 Å². The second-order valence-corrected chi connectivity index (χ2v) is 6.62. The number of methoxy groups -OCH3 is 2. The third kappa shape index (κ3) is 5.84. The maximum atomic E-state index is 13.4. The number of esters is 3. The van der Waals surface area contributed by atoms with Crippen LogP contribution in [0.3, 0.4) is 0 Å². The number of halogens is 5. The second kappa shape index (κ2) is 8.70. The van der Waals surface area contributed by atoms with Crippen LogP contribution in [0.1, 0.15) is 64.9 Å². The Hall–Kier alpha value is -2.79. The summed E-state index contributed by atoms with van der Waals surface area (Å²) in [4.78, 5) is 39.1. The third-order valence-corrected chi connectivity index (χ3v) is 3.32. The van der Waals surface area contributed by atoms with Crippen molar-refractivity contribution in [1.29, 1.82) is 0 Å². The van der Waals surface area contributed by atoms with Crippen LogP contribution in [0.15, 0.2) is 0 Å². The van der Waals surface area contributed by atoms with Crippen molar-refractivity contribution in [2.24, 2.45) is 0 Å². The van der Waals surface area contributed by atoms with Gasteiger partial charge in [-0.15, -0.1) is 0 Å². The molecule has 29 heavy (non-hydrogen) atoms. The summed E-state index contributed by atoms with van der Waals surface area (Å²) in [5.41, 5.74) is -8.16. The van der Waals surface area contributed by atoms with Gasteiger partial charge in [-0.2, -0.15) is 13.2 Å². The van der Waals surface area contributed by atoms with Crippen LogP contribution in [-0.4, -0.2) is 42.7 Å². The van der Waals surface area contributed by atoms with Crippen LogP contribution in [-0.2, 0) is 31.6 Å². The van der Waals surface area contributed by atoms with Gasteiger partial charge in [-0.1, -0.05) is 0 Å². The molecule has 0 aliphatic heterocycles. The molecule has 0 spiro atoms. The third-order valence-electron chi connectivity index (χ3n) is 3.32. The lowest BCUT2D eigenvalue weighted by molar-refractivity contribution is -0.154. The van der Waals surface area contributed by atoms with Crippen molar-refractivity contribution < 1.29 is 50.5 Å². The molecule has 0 atom stereocenters. The van der Waals surface area contributed by atoms with Crippen molar-refractivity contribution in [1.82, 2.24) is 4.98 Å². The zero-order valence-corrected chi connectivity index (χ0v) is 16.1. The summed E-state index contributed by atoms with van der Waals surface area (Å²) in [6.45, 7) is 4.35. The van der Waals surface area contributed by atoms with Gasteiger partial charge in [0.25, 0.3) is 6.43 Å². The van der Waals surface area contributed by atoms with Crippen molar-refractivity contribution >= 4 is 17.9 Å². The molecule has 7 nitrogen and oxygen atoms in total. The molecule has 1 heterocycles. The maximum absolute atomic E-state index is 13.4. The zero-order chi connectivity index (χ0) is 22.7. The lowest BCUT2D eigenvalue weighted by atomic mass is 9.94. The molecule has 0 amide bonds. The number of pyridine rings is 1. The molecule has 162 valence electrons. The molecule has 0 aliphatic carbocycles. The molecule has 0 radical (unpaired) electrons. The predicted molar refractivity (Wildman–Crippen MR) is 86.4 cm³/mol. The van der Waals surface area contributed by atoms with Crippen LogP contribution in [0.4, 0.5) is 22.0 Å². The molecule has 0 saturated carbocycles. The summed E-state index contributed by atoms with van der Waals surface area (Å²) in [5.74, 6) is -4.31. The second-order valence-electron chi connectivity index (χ2n) is 6.62. The number of aromatic nitrogens is 1. The van der Waals surface area contributed by atoms with Gasteiger partial charge in [-0.25, -0.2) is 23.4 Å². The number of alkyl halides is 5. The molecule has 1 aromatic rings. The molecule has 0 aromatic carbocycles. The minimum Gasteiger partial charge on any atom is -0.465 e. The summed E-state index contributed by atoms with van der Waals surface area (Å²) in [7, 11) is 1.52. The van der Waals surface area contributed by atoms with Gasteiger partial charge in [0, 0.05) is 0 Å². The Kier molecular flexibility index (Phi) is 7.28. The molecule has 0 bridgehead atoms. The van der Waals surface area contributed by atoms with E-state index in [1.54, 1.807) is 0 Å². The average Bonchev–Trinajstić information content (AvgIpc) is 2.56. The van der Waals surface area contributed by atoms with Gasteiger partial charge in [0.15, 0.2) is 5.69 Å². The molecule has 1 rings (SSSR count). The number of hydrogen-bond donors (Lipinski definition) is 0. The summed E-state index contributed by atoms with van der Waals surface area (Å²) in [5, 5.41) is 0. The van der Waals surface area contributed by atoms with E-state index in [1.807, 2.05) is 0 Å². The van der Waals surface area contributed by atoms with Crippen molar-refractivity contribution in [2.45, 2.75) is 45.4 Å². The lowest BCUT2D eigenvalue weighted by Crippen LogP contribution is -2.29. The Bertz CT molecular complexity index is 814. The van der Waals surface area contributed by atoms with Gasteiger partial charge >= 0.3 is 24.1 Å². The number of carbonyl (C=O) groups is 3. The van der Waals surface area contributed by atoms with Gasteiger partial charge in [-0.05, 0) is 26.3 Å². The zero-order valence-electron chi connectivity index (χ0n) is 16.1. The van der Waals surface area contributed by atoms with Gasteiger partial charge in [0.1, 0.15) is 11.3 Å². The Labute approximate surface area is 162 Å². The van der Waals surface area contributed by atoms with E-state index in [9.17, 15) is 36.3 Å². The topological polar surface area (TPSA) is 91.8 Å². The number of nitrogens with zero attached hydrogens (tertiary/aromatic N) is 1. The molecule has 0 saturated heterocycles. The summed E-state index contributed by atoms with van der Waals surface area (Å²) < 4.78 is 80.8. The normalized spacial score (nSPS) is 12.0. The van der Waals surface area contributed by atoms with Crippen LogP contribution in [0.25, 0.3) is 0 Å². The van der Waals surface area contributed by atoms with E-state index in [2.05, 4.69) is 14.5 Å². The molecule has 1 aromatic heterocycles. The monoisotopic (exact) mass is 427 g/mol. The van der Waals surface area contributed by atoms with Crippen LogP contribution in [0.5, 0.6) is 0 Å². The van der Waals surface area contributed by atoms with Crippen molar-refractivity contribution in [3.05, 3.63) is 28.1 Å². The Morgan fingerprint density at radius 2 is 1.45 bits per heavy atom. The smallest absolute Gasteiger partial charge is 0.434 e. The van der Waals surface area contributed by atoms with Crippen molar-refractivity contribution in [3.63, 3.8) is 0 Å². The van der Waals surface area contributed by atoms with E-state index in [-0.39, 0.29) is 0 Å². The van der Waals surface area contributed by atoms with Gasteiger partial charge in [0.05, 0.1) is 31.8 Å². The van der Waals surface area contributed by atoms with Gasteiger partial charge in [-0.3, -0.25) is 4.79 Å². The van der Waals surface area contributed by atoms with E-state index in [0.717, 1.165) is 14.2 Å². The summed E-state index contributed by atoms with van der Waals surface area (Å²) >= 11 is 0. The Morgan fingerprint density at radius 3 is 1.83 bits per heavy atom. The first-order chi connectivity index (χ1) is 13.1. The first-order valence-corrected chi connectivity index (χ1v) is 7.94. The quantitative estimate of drug-likeness (QED) is 0.404. The van der Waals surface area contributed by atoms with Gasteiger partial charge < -0.3 is 14.2 Å². The van der Waals surface area contributed by atoms with Crippen molar-refractivity contribution in [2.75, 3.05) is 14.2 Å². The Morgan fingerprint density at radius 1 is 0.966 bits per heavy atom. The van der Waals surface area contributed by atoms with Crippen LogP contribution in [0.2, 0.25) is 0 Å². The molecule has 12 heteroatoms. The first kappa shape index (κ1) is 24.2. The molecular formula is C17H18F5NO6. The number of hydrogen-bond acceptors (Lipinski definition) is 7. The first-order valence-electron chi connectivity index (χ1n) is 7.94.